The van der Waals surface area contributed by atoms with Crippen molar-refractivity contribution in [2.75, 3.05) is 13.2 Å². The highest BCUT2D eigenvalue weighted by Crippen LogP contribution is 2.32. The van der Waals surface area contributed by atoms with Crippen molar-refractivity contribution in [1.29, 1.82) is 0 Å². The van der Waals surface area contributed by atoms with E-state index in [1.807, 2.05) is 12.1 Å². The van der Waals surface area contributed by atoms with Gasteiger partial charge in [0, 0.05) is 0 Å². The number of carbonyl (C=O) groups is 1. The quantitative estimate of drug-likeness (QED) is 0.751. The number of esters is 1. The van der Waals surface area contributed by atoms with E-state index in [0.717, 1.165) is 19.3 Å². The molecule has 0 saturated heterocycles. The van der Waals surface area contributed by atoms with Crippen LogP contribution in [-0.2, 0) is 20.7 Å². The Balaban J connectivity index is 1.97. The third kappa shape index (κ3) is 3.07. The fourth-order valence-electron chi connectivity index (χ4n) is 2.25. The summed E-state index contributed by atoms with van der Waals surface area (Å²) < 4.78 is 10.5. The summed E-state index contributed by atoms with van der Waals surface area (Å²) in [6.07, 6.45) is 3.25. The van der Waals surface area contributed by atoms with Crippen LogP contribution in [0.3, 0.4) is 0 Å². The lowest BCUT2D eigenvalue weighted by atomic mass is 9.89. The standard InChI is InChI=1S/C14H18O3/c1-2-16-14(15)10-17-13-9-5-7-11-6-3-4-8-12(11)13/h3-4,6,8,13H,2,5,7,9-10H2,1H3. The first-order valence-corrected chi connectivity index (χ1v) is 6.16. The third-order valence-corrected chi connectivity index (χ3v) is 3.02. The van der Waals surface area contributed by atoms with E-state index in [1.54, 1.807) is 6.92 Å². The van der Waals surface area contributed by atoms with Gasteiger partial charge in [0.2, 0.25) is 0 Å². The molecular formula is C14H18O3. The first-order valence-electron chi connectivity index (χ1n) is 6.16. The zero-order chi connectivity index (χ0) is 12.1. The summed E-state index contributed by atoms with van der Waals surface area (Å²) in [6, 6.07) is 8.29. The largest absolute Gasteiger partial charge is 0.464 e. The van der Waals surface area contributed by atoms with Gasteiger partial charge >= 0.3 is 5.97 Å². The number of aryl methyl sites for hydroxylation is 1. The second kappa shape index (κ2) is 5.82. The molecule has 1 aliphatic rings. The van der Waals surface area contributed by atoms with Crippen molar-refractivity contribution in [3.05, 3.63) is 35.4 Å². The maximum Gasteiger partial charge on any atom is 0.332 e. The van der Waals surface area contributed by atoms with E-state index in [2.05, 4.69) is 12.1 Å². The summed E-state index contributed by atoms with van der Waals surface area (Å²) in [6.45, 7) is 2.25. The molecule has 0 bridgehead atoms. The van der Waals surface area contributed by atoms with Crippen LogP contribution >= 0.6 is 0 Å². The van der Waals surface area contributed by atoms with Crippen LogP contribution < -0.4 is 0 Å². The average Bonchev–Trinajstić information content (AvgIpc) is 2.36. The van der Waals surface area contributed by atoms with Gasteiger partial charge in [-0.25, -0.2) is 4.79 Å². The smallest absolute Gasteiger partial charge is 0.332 e. The predicted molar refractivity (Wildman–Crippen MR) is 64.7 cm³/mol. The van der Waals surface area contributed by atoms with Gasteiger partial charge < -0.3 is 9.47 Å². The Morgan fingerprint density at radius 1 is 1.41 bits per heavy atom. The van der Waals surface area contributed by atoms with Crippen LogP contribution in [0.1, 0.15) is 37.0 Å². The van der Waals surface area contributed by atoms with Gasteiger partial charge in [-0.05, 0) is 37.3 Å². The summed E-state index contributed by atoms with van der Waals surface area (Å²) in [4.78, 5) is 11.3. The molecule has 1 atom stereocenters. The Morgan fingerprint density at radius 3 is 3.06 bits per heavy atom. The Morgan fingerprint density at radius 2 is 2.24 bits per heavy atom. The average molecular weight is 234 g/mol. The maximum absolute atomic E-state index is 11.3. The monoisotopic (exact) mass is 234 g/mol. The van der Waals surface area contributed by atoms with Gasteiger partial charge in [0.1, 0.15) is 6.61 Å². The number of benzene rings is 1. The van der Waals surface area contributed by atoms with Crippen LogP contribution in [0.25, 0.3) is 0 Å². The minimum Gasteiger partial charge on any atom is -0.464 e. The van der Waals surface area contributed by atoms with Crippen LogP contribution in [-0.4, -0.2) is 19.2 Å². The molecule has 1 aromatic carbocycles. The van der Waals surface area contributed by atoms with Crippen molar-refractivity contribution in [3.63, 3.8) is 0 Å². The fourth-order valence-corrected chi connectivity index (χ4v) is 2.25. The number of hydrogen-bond donors (Lipinski definition) is 0. The van der Waals surface area contributed by atoms with Gasteiger partial charge in [0.05, 0.1) is 12.7 Å². The highest BCUT2D eigenvalue weighted by molar-refractivity contribution is 5.70. The number of carbonyl (C=O) groups excluding carboxylic acids is 1. The van der Waals surface area contributed by atoms with Gasteiger partial charge in [-0.2, -0.15) is 0 Å². The second-order valence-corrected chi connectivity index (χ2v) is 4.20. The van der Waals surface area contributed by atoms with E-state index in [0.29, 0.717) is 6.61 Å². The molecule has 92 valence electrons. The van der Waals surface area contributed by atoms with Crippen molar-refractivity contribution in [1.82, 2.24) is 0 Å². The predicted octanol–water partition coefficient (Wildman–Crippen LogP) is 2.64. The molecule has 17 heavy (non-hydrogen) atoms. The molecule has 3 heteroatoms. The van der Waals surface area contributed by atoms with Crippen LogP contribution in [0.4, 0.5) is 0 Å². The molecule has 3 nitrogen and oxygen atoms in total. The Bertz CT molecular complexity index is 387. The number of rotatable bonds is 4. The van der Waals surface area contributed by atoms with Crippen molar-refractivity contribution < 1.29 is 14.3 Å². The molecule has 0 aliphatic heterocycles. The molecule has 1 aromatic rings. The third-order valence-electron chi connectivity index (χ3n) is 3.02. The topological polar surface area (TPSA) is 35.5 Å². The van der Waals surface area contributed by atoms with Crippen molar-refractivity contribution >= 4 is 5.97 Å². The molecule has 2 rings (SSSR count). The van der Waals surface area contributed by atoms with Crippen LogP contribution in [0, 0.1) is 0 Å². The fraction of sp³-hybridized carbons (Fsp3) is 0.500. The molecule has 0 heterocycles. The first kappa shape index (κ1) is 12.1. The molecule has 0 radical (unpaired) electrons. The van der Waals surface area contributed by atoms with Gasteiger partial charge in [0.25, 0.3) is 0 Å². The summed E-state index contributed by atoms with van der Waals surface area (Å²) >= 11 is 0. The van der Waals surface area contributed by atoms with Gasteiger partial charge in [-0.1, -0.05) is 24.3 Å². The Labute approximate surface area is 102 Å². The van der Waals surface area contributed by atoms with Crippen molar-refractivity contribution in [2.45, 2.75) is 32.3 Å². The first-order chi connectivity index (χ1) is 8.31. The summed E-state index contributed by atoms with van der Waals surface area (Å²) in [5, 5.41) is 0. The molecule has 1 unspecified atom stereocenters. The number of fused-ring (bicyclic) bond motifs is 1. The zero-order valence-corrected chi connectivity index (χ0v) is 10.1. The van der Waals surface area contributed by atoms with Crippen LogP contribution in [0.15, 0.2) is 24.3 Å². The normalized spacial score (nSPS) is 18.5. The maximum atomic E-state index is 11.3. The van der Waals surface area contributed by atoms with E-state index >= 15 is 0 Å². The second-order valence-electron chi connectivity index (χ2n) is 4.20. The molecule has 1 aliphatic carbocycles. The lowest BCUT2D eigenvalue weighted by molar-refractivity contribution is -0.151. The molecule has 0 saturated carbocycles. The van der Waals surface area contributed by atoms with E-state index in [-0.39, 0.29) is 18.7 Å². The number of hydrogen-bond acceptors (Lipinski definition) is 3. The summed E-state index contributed by atoms with van der Waals surface area (Å²) in [5.41, 5.74) is 2.57. The minimum atomic E-state index is -0.282. The Kier molecular flexibility index (Phi) is 4.15. The molecular weight excluding hydrogens is 216 g/mol. The SMILES string of the molecule is CCOC(=O)COC1CCCc2ccccc21. The van der Waals surface area contributed by atoms with Crippen LogP contribution in [0.2, 0.25) is 0 Å². The van der Waals surface area contributed by atoms with Crippen molar-refractivity contribution in [3.8, 4) is 0 Å². The molecule has 0 fully saturated rings. The van der Waals surface area contributed by atoms with E-state index in [4.69, 9.17) is 9.47 Å². The Hall–Kier alpha value is -1.35. The lowest BCUT2D eigenvalue weighted by Gasteiger charge is -2.25. The van der Waals surface area contributed by atoms with E-state index in [9.17, 15) is 4.79 Å². The molecule has 0 spiro atoms. The van der Waals surface area contributed by atoms with Gasteiger partial charge in [-0.3, -0.25) is 0 Å². The molecule has 0 N–H and O–H groups in total. The van der Waals surface area contributed by atoms with Gasteiger partial charge in [0.15, 0.2) is 0 Å². The highest BCUT2D eigenvalue weighted by atomic mass is 16.6. The zero-order valence-electron chi connectivity index (χ0n) is 10.1. The molecule has 0 aromatic heterocycles. The summed E-state index contributed by atoms with van der Waals surface area (Å²) in [5.74, 6) is -0.282. The van der Waals surface area contributed by atoms with E-state index in [1.165, 1.54) is 11.1 Å². The molecule has 0 amide bonds. The summed E-state index contributed by atoms with van der Waals surface area (Å²) in [7, 11) is 0. The lowest BCUT2D eigenvalue weighted by Crippen LogP contribution is -2.18. The van der Waals surface area contributed by atoms with Crippen LogP contribution in [0.5, 0.6) is 0 Å². The van der Waals surface area contributed by atoms with E-state index < -0.39 is 0 Å². The van der Waals surface area contributed by atoms with Gasteiger partial charge in [-0.15, -0.1) is 0 Å². The minimum absolute atomic E-state index is 0.0457. The number of ether oxygens (including phenoxy) is 2. The van der Waals surface area contributed by atoms with Crippen molar-refractivity contribution in [2.24, 2.45) is 0 Å². The highest BCUT2D eigenvalue weighted by Gasteiger charge is 2.21.